The lowest BCUT2D eigenvalue weighted by molar-refractivity contribution is -0.136. The van der Waals surface area contributed by atoms with E-state index in [1.165, 1.54) is 0 Å². The molecule has 0 unspecified atom stereocenters. The Balaban J connectivity index is 1.27. The number of carbonyl (C=O) groups excluding carboxylic acids is 2. The number of hydrogen-bond donors (Lipinski definition) is 1. The van der Waals surface area contributed by atoms with Crippen LogP contribution in [0.1, 0.15) is 33.5 Å². The molecule has 2 atom stereocenters. The maximum atomic E-state index is 13.8. The molecule has 38 heavy (non-hydrogen) atoms. The Hall–Kier alpha value is -4.15. The molecule has 2 aliphatic heterocycles. The lowest BCUT2D eigenvalue weighted by Gasteiger charge is -2.38. The number of likely N-dealkylation sites (tertiary alicyclic amines) is 1. The summed E-state index contributed by atoms with van der Waals surface area (Å²) in [4.78, 5) is 33.1. The Labute approximate surface area is 224 Å². The Morgan fingerprint density at radius 1 is 0.947 bits per heavy atom. The summed E-state index contributed by atoms with van der Waals surface area (Å²) in [5.41, 5.74) is 4.41. The number of aryl methyl sites for hydroxylation is 1. The molecule has 0 saturated carbocycles. The average molecular weight is 508 g/mol. The van der Waals surface area contributed by atoms with Crippen LogP contribution in [0.4, 0.5) is 5.69 Å². The van der Waals surface area contributed by atoms with Crippen molar-refractivity contribution < 1.29 is 9.59 Å². The summed E-state index contributed by atoms with van der Waals surface area (Å²) < 4.78 is 0. The van der Waals surface area contributed by atoms with Gasteiger partial charge in [0.2, 0.25) is 5.91 Å². The van der Waals surface area contributed by atoms with E-state index in [0.29, 0.717) is 56.8 Å². The zero-order valence-electron chi connectivity index (χ0n) is 21.7. The topological polar surface area (TPSA) is 79.7 Å². The van der Waals surface area contributed by atoms with Crippen LogP contribution in [0.5, 0.6) is 0 Å². The third-order valence-electron chi connectivity index (χ3n) is 7.49. The first-order chi connectivity index (χ1) is 18.5. The summed E-state index contributed by atoms with van der Waals surface area (Å²) in [6.45, 7) is 5.83. The molecule has 2 aliphatic rings. The molecule has 3 aromatic rings. The van der Waals surface area contributed by atoms with Crippen LogP contribution in [0.15, 0.2) is 78.9 Å². The van der Waals surface area contributed by atoms with Crippen molar-refractivity contribution in [3.63, 3.8) is 0 Å². The van der Waals surface area contributed by atoms with E-state index in [1.807, 2.05) is 78.6 Å². The molecular weight excluding hydrogens is 474 g/mol. The van der Waals surface area contributed by atoms with E-state index in [9.17, 15) is 14.9 Å². The molecule has 0 aromatic heterocycles. The first-order valence-electron chi connectivity index (χ1n) is 13.2. The van der Waals surface area contributed by atoms with E-state index in [0.717, 1.165) is 16.8 Å². The molecule has 3 aromatic carbocycles. The average Bonchev–Trinajstić information content (AvgIpc) is 3.34. The maximum absolute atomic E-state index is 13.8. The number of amides is 2. The molecule has 2 amide bonds. The number of carbonyl (C=O) groups is 2. The fourth-order valence-corrected chi connectivity index (χ4v) is 5.54. The lowest BCUT2D eigenvalue weighted by atomic mass is 10.1. The quantitative estimate of drug-likeness (QED) is 0.552. The number of nitriles is 1. The SMILES string of the molecule is Cc1cccc(C(=O)N[C@H]2C[C@@H](C(=O)N3CCN(c4ccccc4C#N)CC3)N(Cc3ccccc3)C2)c1. The zero-order chi connectivity index (χ0) is 26.5. The van der Waals surface area contributed by atoms with Crippen LogP contribution >= 0.6 is 0 Å². The van der Waals surface area contributed by atoms with Crippen molar-refractivity contribution in [1.29, 1.82) is 5.26 Å². The Kier molecular flexibility index (Phi) is 7.71. The van der Waals surface area contributed by atoms with E-state index in [-0.39, 0.29) is 23.9 Å². The van der Waals surface area contributed by atoms with Crippen LogP contribution in [-0.4, -0.2) is 66.4 Å². The van der Waals surface area contributed by atoms with Crippen molar-refractivity contribution in [3.05, 3.63) is 101 Å². The van der Waals surface area contributed by atoms with Gasteiger partial charge in [-0.15, -0.1) is 0 Å². The lowest BCUT2D eigenvalue weighted by Crippen LogP contribution is -2.53. The van der Waals surface area contributed by atoms with Gasteiger partial charge in [-0.1, -0.05) is 60.2 Å². The first-order valence-corrected chi connectivity index (χ1v) is 13.2. The predicted molar refractivity (Wildman–Crippen MR) is 148 cm³/mol. The van der Waals surface area contributed by atoms with Gasteiger partial charge in [0, 0.05) is 50.9 Å². The minimum absolute atomic E-state index is 0.101. The number of piperazine rings is 1. The van der Waals surface area contributed by atoms with Gasteiger partial charge in [-0.05, 0) is 43.2 Å². The van der Waals surface area contributed by atoms with Gasteiger partial charge < -0.3 is 15.1 Å². The second kappa shape index (κ2) is 11.5. The van der Waals surface area contributed by atoms with E-state index in [2.05, 4.69) is 33.3 Å². The fourth-order valence-electron chi connectivity index (χ4n) is 5.54. The Morgan fingerprint density at radius 2 is 1.68 bits per heavy atom. The second-order valence-electron chi connectivity index (χ2n) is 10.1. The molecule has 5 rings (SSSR count). The van der Waals surface area contributed by atoms with E-state index >= 15 is 0 Å². The number of nitrogens with zero attached hydrogens (tertiary/aromatic N) is 4. The van der Waals surface area contributed by atoms with Gasteiger partial charge in [0.05, 0.1) is 17.3 Å². The molecule has 2 fully saturated rings. The molecule has 0 spiro atoms. The Morgan fingerprint density at radius 3 is 2.42 bits per heavy atom. The maximum Gasteiger partial charge on any atom is 0.251 e. The number of benzene rings is 3. The summed E-state index contributed by atoms with van der Waals surface area (Å²) in [6.07, 6.45) is 0.584. The Bertz CT molecular complexity index is 1330. The molecule has 0 aliphatic carbocycles. The first kappa shape index (κ1) is 25.5. The van der Waals surface area contributed by atoms with Crippen LogP contribution in [0, 0.1) is 18.3 Å². The van der Waals surface area contributed by atoms with Crippen molar-refractivity contribution >= 4 is 17.5 Å². The van der Waals surface area contributed by atoms with Gasteiger partial charge in [0.25, 0.3) is 5.91 Å². The second-order valence-corrected chi connectivity index (χ2v) is 10.1. The summed E-state index contributed by atoms with van der Waals surface area (Å²) in [6, 6.07) is 27.2. The van der Waals surface area contributed by atoms with Crippen molar-refractivity contribution in [2.24, 2.45) is 0 Å². The fraction of sp³-hybridized carbons (Fsp3) is 0.323. The number of nitrogens with one attached hydrogen (secondary N) is 1. The number of para-hydroxylation sites is 1. The van der Waals surface area contributed by atoms with E-state index in [1.54, 1.807) is 0 Å². The van der Waals surface area contributed by atoms with E-state index < -0.39 is 0 Å². The normalized spacial score (nSPS) is 19.7. The number of rotatable bonds is 6. The van der Waals surface area contributed by atoms with Crippen molar-refractivity contribution in [2.75, 3.05) is 37.6 Å². The van der Waals surface area contributed by atoms with Gasteiger partial charge in [-0.25, -0.2) is 0 Å². The van der Waals surface area contributed by atoms with Crippen LogP contribution in [0.2, 0.25) is 0 Å². The summed E-state index contributed by atoms with van der Waals surface area (Å²) in [7, 11) is 0. The van der Waals surface area contributed by atoms with Crippen molar-refractivity contribution in [3.8, 4) is 6.07 Å². The largest absolute Gasteiger partial charge is 0.367 e. The van der Waals surface area contributed by atoms with Gasteiger partial charge in [-0.2, -0.15) is 5.26 Å². The van der Waals surface area contributed by atoms with Gasteiger partial charge in [0.1, 0.15) is 6.07 Å². The predicted octanol–water partition coefficient (Wildman–Crippen LogP) is 3.59. The number of anilines is 1. The number of hydrogen-bond acceptors (Lipinski definition) is 5. The molecule has 194 valence electrons. The van der Waals surface area contributed by atoms with Crippen LogP contribution in [0.25, 0.3) is 0 Å². The van der Waals surface area contributed by atoms with Crippen molar-refractivity contribution in [2.45, 2.75) is 32.0 Å². The highest BCUT2D eigenvalue weighted by Crippen LogP contribution is 2.25. The summed E-state index contributed by atoms with van der Waals surface area (Å²) in [5, 5.41) is 12.7. The summed E-state index contributed by atoms with van der Waals surface area (Å²) in [5.74, 6) is 0.0117. The third kappa shape index (κ3) is 5.71. The monoisotopic (exact) mass is 507 g/mol. The molecular formula is C31H33N5O2. The smallest absolute Gasteiger partial charge is 0.251 e. The molecule has 7 heteroatoms. The van der Waals surface area contributed by atoms with Gasteiger partial charge >= 0.3 is 0 Å². The van der Waals surface area contributed by atoms with Crippen molar-refractivity contribution in [1.82, 2.24) is 15.1 Å². The van der Waals surface area contributed by atoms with E-state index in [4.69, 9.17) is 0 Å². The standard InChI is InChI=1S/C31H33N5O2/c1-23-8-7-12-25(18-23)30(37)33-27-19-29(36(22-27)21-24-9-3-2-4-10-24)31(38)35-16-14-34(15-17-35)28-13-6-5-11-26(28)20-32/h2-13,18,27,29H,14-17,19,21-22H2,1H3,(H,33,37)/t27-,29-/m0/s1. The molecule has 0 bridgehead atoms. The van der Waals surface area contributed by atoms with Crippen LogP contribution < -0.4 is 10.2 Å². The highest BCUT2D eigenvalue weighted by Gasteiger charge is 2.40. The van der Waals surface area contributed by atoms with Gasteiger partial charge in [-0.3, -0.25) is 14.5 Å². The van der Waals surface area contributed by atoms with Crippen LogP contribution in [-0.2, 0) is 11.3 Å². The highest BCUT2D eigenvalue weighted by atomic mass is 16.2. The molecule has 1 N–H and O–H groups in total. The van der Waals surface area contributed by atoms with Gasteiger partial charge in [0.15, 0.2) is 0 Å². The molecule has 7 nitrogen and oxygen atoms in total. The minimum Gasteiger partial charge on any atom is -0.367 e. The molecule has 2 saturated heterocycles. The van der Waals surface area contributed by atoms with Crippen LogP contribution in [0.3, 0.4) is 0 Å². The highest BCUT2D eigenvalue weighted by molar-refractivity contribution is 5.94. The third-order valence-corrected chi connectivity index (χ3v) is 7.49. The molecule has 2 heterocycles. The minimum atomic E-state index is -0.295. The zero-order valence-corrected chi connectivity index (χ0v) is 21.7. The summed E-state index contributed by atoms with van der Waals surface area (Å²) >= 11 is 0. The molecule has 0 radical (unpaired) electrons.